The minimum Gasteiger partial charge on any atom is -0.427 e. The van der Waals surface area contributed by atoms with Crippen molar-refractivity contribution in [3.05, 3.63) is 107 Å². The molecule has 0 atom stereocenters. The fourth-order valence-corrected chi connectivity index (χ4v) is 6.77. The van der Waals surface area contributed by atoms with Gasteiger partial charge in [-0.25, -0.2) is 0 Å². The van der Waals surface area contributed by atoms with Crippen molar-refractivity contribution in [2.24, 2.45) is 0 Å². The van der Waals surface area contributed by atoms with Gasteiger partial charge < -0.3 is 14.7 Å². The molecule has 0 aromatic heterocycles. The molecule has 0 bridgehead atoms. The molecule has 4 heteroatoms. The maximum absolute atomic E-state index is 10.6. The maximum atomic E-state index is 10.6. The van der Waals surface area contributed by atoms with Crippen molar-refractivity contribution in [1.29, 1.82) is 0 Å². The first-order valence-corrected chi connectivity index (χ1v) is 15.9. The van der Waals surface area contributed by atoms with Crippen LogP contribution in [0.5, 0.6) is 0 Å². The summed E-state index contributed by atoms with van der Waals surface area (Å²) in [5, 5.41) is 10.6. The van der Waals surface area contributed by atoms with E-state index >= 15 is 0 Å². The van der Waals surface area contributed by atoms with Crippen molar-refractivity contribution in [3.8, 4) is 11.1 Å². The van der Waals surface area contributed by atoms with Crippen LogP contribution in [0.15, 0.2) is 78.9 Å². The Bertz CT molecular complexity index is 1750. The third-order valence-corrected chi connectivity index (χ3v) is 10.5. The van der Waals surface area contributed by atoms with Gasteiger partial charge in [0.15, 0.2) is 0 Å². The van der Waals surface area contributed by atoms with Crippen molar-refractivity contribution in [1.82, 2.24) is 0 Å². The summed E-state index contributed by atoms with van der Waals surface area (Å²) in [7, 11) is 1.80. The lowest BCUT2D eigenvalue weighted by Gasteiger charge is -2.43. The van der Waals surface area contributed by atoms with Crippen molar-refractivity contribution < 1.29 is 9.76 Å². The van der Waals surface area contributed by atoms with Gasteiger partial charge in [-0.05, 0) is 102 Å². The van der Waals surface area contributed by atoms with Crippen LogP contribution in [0.4, 0.5) is 17.1 Å². The van der Waals surface area contributed by atoms with E-state index in [1.807, 2.05) is 13.8 Å². The van der Waals surface area contributed by atoms with Crippen LogP contribution in [-0.4, -0.2) is 23.8 Å². The van der Waals surface area contributed by atoms with E-state index in [1.165, 1.54) is 56.0 Å². The zero-order chi connectivity index (χ0) is 32.0. The van der Waals surface area contributed by atoms with Crippen molar-refractivity contribution >= 4 is 30.0 Å². The van der Waals surface area contributed by atoms with E-state index in [4.69, 9.17) is 4.65 Å². The summed E-state index contributed by atoms with van der Waals surface area (Å²) in [5.41, 5.74) is 11.9. The highest BCUT2D eigenvalue weighted by atomic mass is 16.5. The van der Waals surface area contributed by atoms with Gasteiger partial charge in [0, 0.05) is 16.5 Å². The summed E-state index contributed by atoms with van der Waals surface area (Å²) in [6.45, 7) is 23.6. The maximum Gasteiger partial charge on any atom is 0.330 e. The quantitative estimate of drug-likeness (QED) is 0.238. The zero-order valence-corrected chi connectivity index (χ0v) is 28.4. The van der Waals surface area contributed by atoms with Gasteiger partial charge in [0.05, 0.1) is 22.6 Å². The van der Waals surface area contributed by atoms with E-state index in [2.05, 4.69) is 132 Å². The smallest absolute Gasteiger partial charge is 0.330 e. The normalized spacial score (nSPS) is 16.6. The van der Waals surface area contributed by atoms with Crippen LogP contribution in [-0.2, 0) is 20.9 Å². The molecule has 44 heavy (non-hydrogen) atoms. The van der Waals surface area contributed by atoms with E-state index in [-0.39, 0.29) is 16.2 Å². The fraction of sp³-hybridized carbons (Fsp3) is 0.400. The van der Waals surface area contributed by atoms with Gasteiger partial charge in [0.25, 0.3) is 0 Å². The second-order valence-corrected chi connectivity index (χ2v) is 15.9. The highest BCUT2D eigenvalue weighted by Gasteiger charge is 2.42. The first kappa shape index (κ1) is 30.7. The number of anilines is 3. The van der Waals surface area contributed by atoms with Crippen molar-refractivity contribution in [3.63, 3.8) is 0 Å². The number of hydrogen-bond acceptors (Lipinski definition) is 3. The summed E-state index contributed by atoms with van der Waals surface area (Å²) in [6.07, 6.45) is 0. The molecule has 1 heterocycles. The number of benzene rings is 4. The molecule has 6 rings (SSSR count). The average Bonchev–Trinajstić information content (AvgIpc) is 3.16. The number of fused-ring (bicyclic) bond motifs is 5. The Morgan fingerprint density at radius 2 is 1.25 bits per heavy atom. The number of para-hydroxylation sites is 1. The van der Waals surface area contributed by atoms with E-state index in [0.717, 1.165) is 5.46 Å². The number of rotatable bonds is 5. The van der Waals surface area contributed by atoms with Crippen LogP contribution < -0.4 is 10.4 Å². The lowest BCUT2D eigenvalue weighted by Crippen LogP contribution is -2.49. The lowest BCUT2D eigenvalue weighted by atomic mass is 9.71. The van der Waals surface area contributed by atoms with E-state index in [1.54, 1.807) is 21.3 Å². The Balaban J connectivity index is 1.48. The van der Waals surface area contributed by atoms with Gasteiger partial charge in [-0.3, -0.25) is 0 Å². The molecule has 0 saturated carbocycles. The Morgan fingerprint density at radius 3 is 1.89 bits per heavy atom. The molecular weight excluding hydrogens is 537 g/mol. The first-order chi connectivity index (χ1) is 20.3. The summed E-state index contributed by atoms with van der Waals surface area (Å²) in [4.78, 5) is 2.47. The number of nitrogens with zero attached hydrogens (tertiary/aromatic N) is 1. The molecule has 1 aliphatic heterocycles. The second kappa shape index (κ2) is 9.83. The predicted octanol–water partition coefficient (Wildman–Crippen LogP) is 9.21. The molecule has 227 valence electrons. The summed E-state index contributed by atoms with van der Waals surface area (Å²) < 4.78 is 6.14. The zero-order valence-electron chi connectivity index (χ0n) is 28.4. The average molecular weight is 585 g/mol. The standard InChI is InChI=1S/C40H47BNO2/c1-36(2,3)25-16-19-27(20-17-25)42-34-15-13-12-14-30(34)37(4,5)33-23-29-28-21-18-26(41-44-40(10,11)39(8,9)43)22-31(28)38(6,7)32(29)24-35(33)42/h12-24,43H,1-11H3. The summed E-state index contributed by atoms with van der Waals surface area (Å²) in [6, 6.07) is 29.6. The summed E-state index contributed by atoms with van der Waals surface area (Å²) >= 11 is 0. The third kappa shape index (κ3) is 4.73. The molecule has 4 aromatic carbocycles. The topological polar surface area (TPSA) is 32.7 Å². The minimum atomic E-state index is -0.974. The number of aliphatic hydroxyl groups is 1. The van der Waals surface area contributed by atoms with Gasteiger partial charge in [0.2, 0.25) is 0 Å². The van der Waals surface area contributed by atoms with E-state index in [9.17, 15) is 5.11 Å². The van der Waals surface area contributed by atoms with Gasteiger partial charge >= 0.3 is 7.48 Å². The highest BCUT2D eigenvalue weighted by molar-refractivity contribution is 6.47. The molecule has 1 N–H and O–H groups in total. The fourth-order valence-electron chi connectivity index (χ4n) is 6.77. The van der Waals surface area contributed by atoms with Crippen LogP contribution in [0.25, 0.3) is 11.1 Å². The van der Waals surface area contributed by atoms with Crippen LogP contribution in [0.1, 0.15) is 104 Å². The first-order valence-electron chi connectivity index (χ1n) is 15.9. The second-order valence-electron chi connectivity index (χ2n) is 15.9. The molecule has 0 saturated heterocycles. The van der Waals surface area contributed by atoms with Crippen LogP contribution in [0.2, 0.25) is 0 Å². The predicted molar refractivity (Wildman–Crippen MR) is 186 cm³/mol. The van der Waals surface area contributed by atoms with Gasteiger partial charge in [-0.1, -0.05) is 102 Å². The number of hydrogen-bond donors (Lipinski definition) is 1. The molecule has 4 aromatic rings. The minimum absolute atomic E-state index is 0.0975. The largest absolute Gasteiger partial charge is 0.427 e. The molecule has 1 aliphatic carbocycles. The molecule has 0 fully saturated rings. The van der Waals surface area contributed by atoms with Gasteiger partial charge in [-0.2, -0.15) is 0 Å². The third-order valence-electron chi connectivity index (χ3n) is 10.5. The molecule has 1 radical (unpaired) electrons. The van der Waals surface area contributed by atoms with Gasteiger partial charge in [-0.15, -0.1) is 0 Å². The van der Waals surface area contributed by atoms with Crippen LogP contribution in [0, 0.1) is 0 Å². The lowest BCUT2D eigenvalue weighted by molar-refractivity contribution is -0.0893. The Morgan fingerprint density at radius 1 is 0.636 bits per heavy atom. The Hall–Kier alpha value is -3.34. The van der Waals surface area contributed by atoms with Crippen LogP contribution in [0.3, 0.4) is 0 Å². The molecule has 0 unspecified atom stereocenters. The van der Waals surface area contributed by atoms with Crippen LogP contribution >= 0.6 is 0 Å². The molecular formula is C40H47BNO2. The molecule has 3 nitrogen and oxygen atoms in total. The van der Waals surface area contributed by atoms with E-state index in [0.29, 0.717) is 0 Å². The SMILES string of the molecule is CC(C)(C)c1ccc(N2c3ccccc3C(C)(C)c3cc4c(cc32)C(C)(C)c2cc([B]OC(C)(C)C(C)(C)O)ccc2-4)cc1. The summed E-state index contributed by atoms with van der Waals surface area (Å²) in [5.74, 6) is 0. The molecule has 0 spiro atoms. The molecule has 0 amide bonds. The molecule has 2 aliphatic rings. The monoisotopic (exact) mass is 584 g/mol. The van der Waals surface area contributed by atoms with Gasteiger partial charge in [0.1, 0.15) is 0 Å². The Labute approximate surface area is 265 Å². The van der Waals surface area contributed by atoms with Crippen molar-refractivity contribution in [2.45, 2.75) is 104 Å². The highest BCUT2D eigenvalue weighted by Crippen LogP contribution is 2.57. The Kier molecular flexibility index (Phi) is 6.85. The van der Waals surface area contributed by atoms with Crippen molar-refractivity contribution in [2.75, 3.05) is 4.90 Å². The van der Waals surface area contributed by atoms with E-state index < -0.39 is 11.2 Å².